The van der Waals surface area contributed by atoms with Gasteiger partial charge in [-0.15, -0.1) is 0 Å². The van der Waals surface area contributed by atoms with Gasteiger partial charge >= 0.3 is 0 Å². The largest absolute Gasteiger partial charge is 0.309 e. The van der Waals surface area contributed by atoms with Crippen LogP contribution in [0.5, 0.6) is 0 Å². The topological polar surface area (TPSA) is 43.6 Å². The molecule has 4 heteroatoms. The molecule has 290 valence electrons. The molecule has 0 unspecified atom stereocenters. The van der Waals surface area contributed by atoms with Gasteiger partial charge in [-0.3, -0.25) is 0 Å². The maximum atomic E-state index is 4.99. The molecule has 1 fully saturated rings. The first-order chi connectivity index (χ1) is 30.2. The third-order valence-corrected chi connectivity index (χ3v) is 13.2. The fourth-order valence-electron chi connectivity index (χ4n) is 10.3. The van der Waals surface area contributed by atoms with Crippen molar-refractivity contribution < 1.29 is 0 Å². The molecule has 10 aromatic rings. The zero-order valence-corrected chi connectivity index (χ0v) is 33.8. The number of hydrogen-bond acceptors (Lipinski definition) is 3. The summed E-state index contributed by atoms with van der Waals surface area (Å²) in [5.74, 6) is 1.99. The molecule has 0 N–H and O–H groups in total. The molecule has 0 atom stereocenters. The van der Waals surface area contributed by atoms with Crippen LogP contribution in [0, 0.1) is 0 Å². The van der Waals surface area contributed by atoms with Crippen LogP contribution in [0.25, 0.3) is 95.0 Å². The smallest absolute Gasteiger partial charge is 0.164 e. The molecule has 0 bridgehead atoms. The minimum atomic E-state index is 0.0293. The molecule has 12 rings (SSSR count). The maximum absolute atomic E-state index is 4.99. The summed E-state index contributed by atoms with van der Waals surface area (Å²) in [7, 11) is 0. The van der Waals surface area contributed by atoms with Crippen molar-refractivity contribution in [2.45, 2.75) is 37.5 Å². The van der Waals surface area contributed by atoms with Crippen LogP contribution in [0.2, 0.25) is 0 Å². The fourth-order valence-corrected chi connectivity index (χ4v) is 10.3. The highest BCUT2D eigenvalue weighted by atomic mass is 15.0. The van der Waals surface area contributed by atoms with Crippen LogP contribution < -0.4 is 0 Å². The van der Waals surface area contributed by atoms with Crippen molar-refractivity contribution in [1.82, 2.24) is 19.5 Å². The van der Waals surface area contributed by atoms with E-state index in [-0.39, 0.29) is 5.41 Å². The lowest BCUT2D eigenvalue weighted by Crippen LogP contribution is -2.28. The summed E-state index contributed by atoms with van der Waals surface area (Å²) in [6, 6.07) is 70.1. The Bertz CT molecular complexity index is 3190. The van der Waals surface area contributed by atoms with E-state index in [9.17, 15) is 0 Å². The van der Waals surface area contributed by atoms with E-state index < -0.39 is 0 Å². The third-order valence-electron chi connectivity index (χ3n) is 13.2. The van der Waals surface area contributed by atoms with E-state index in [1.54, 1.807) is 0 Å². The van der Waals surface area contributed by atoms with E-state index in [1.807, 2.05) is 36.4 Å². The number of aromatic nitrogens is 4. The third kappa shape index (κ3) is 5.93. The molecule has 4 nitrogen and oxygen atoms in total. The van der Waals surface area contributed by atoms with Crippen molar-refractivity contribution in [2.75, 3.05) is 0 Å². The monoisotopic (exact) mass is 782 g/mol. The predicted octanol–water partition coefficient (Wildman–Crippen LogP) is 14.5. The number of para-hydroxylation sites is 1. The van der Waals surface area contributed by atoms with Gasteiger partial charge in [0.15, 0.2) is 17.5 Å². The summed E-state index contributed by atoms with van der Waals surface area (Å²) in [6.45, 7) is 0. The van der Waals surface area contributed by atoms with Crippen LogP contribution in [0.4, 0.5) is 0 Å². The SMILES string of the molecule is c1ccc(-c2cccc(-n3c4ccccc4c4cc5c(cc43)-c3cc(-c4ccc(-c6nc(-c7ccccc7)nc(-c7ccccc7)n6)cc4)ccc3C53CCCCC3)c2)cc1. The fraction of sp³-hybridized carbons (Fsp3) is 0.105. The Hall–Kier alpha value is -7.43. The molecule has 0 amide bonds. The van der Waals surface area contributed by atoms with Gasteiger partial charge in [-0.2, -0.15) is 0 Å². The standard InChI is InChI=1S/C57H42N4/c1-5-16-38(17-6-1)43-22-15-23-45(34-43)61-52-25-12-11-24-46(52)49-36-51-48(37-53(49)61)47-35-44(30-31-50(47)57(51)32-13-4-14-33-57)39-26-28-42(29-27-39)56-59-54(40-18-7-2-8-19-40)58-55(60-56)41-20-9-3-10-21-41/h1-3,5-12,15-31,34-37H,4,13-14,32-33H2. The van der Waals surface area contributed by atoms with Crippen molar-refractivity contribution in [3.05, 3.63) is 205 Å². The normalized spacial score (nSPS) is 14.0. The quantitative estimate of drug-likeness (QED) is 0.169. The van der Waals surface area contributed by atoms with Crippen molar-refractivity contribution in [1.29, 1.82) is 0 Å². The first kappa shape index (κ1) is 35.5. The van der Waals surface area contributed by atoms with Crippen LogP contribution in [0.15, 0.2) is 194 Å². The van der Waals surface area contributed by atoms with E-state index in [2.05, 4.69) is 162 Å². The van der Waals surface area contributed by atoms with Gasteiger partial charge in [-0.05, 0) is 93.7 Å². The molecule has 1 saturated carbocycles. The highest BCUT2D eigenvalue weighted by Gasteiger charge is 2.44. The van der Waals surface area contributed by atoms with E-state index in [1.165, 1.54) is 104 Å². The zero-order chi connectivity index (χ0) is 40.3. The van der Waals surface area contributed by atoms with Gasteiger partial charge in [0.25, 0.3) is 0 Å². The zero-order valence-electron chi connectivity index (χ0n) is 33.8. The summed E-state index contributed by atoms with van der Waals surface area (Å²) in [5.41, 5.74) is 17.1. The average Bonchev–Trinajstić information content (AvgIpc) is 3.80. The van der Waals surface area contributed by atoms with Crippen LogP contribution in [-0.4, -0.2) is 19.5 Å². The van der Waals surface area contributed by atoms with Crippen LogP contribution in [0.1, 0.15) is 43.2 Å². The molecular formula is C57H42N4. The molecular weight excluding hydrogens is 741 g/mol. The summed E-state index contributed by atoms with van der Waals surface area (Å²) in [5, 5.41) is 2.63. The van der Waals surface area contributed by atoms with Crippen LogP contribution in [0.3, 0.4) is 0 Å². The van der Waals surface area contributed by atoms with Gasteiger partial charge in [0.05, 0.1) is 11.0 Å². The Kier molecular flexibility index (Phi) is 8.38. The number of nitrogens with zero attached hydrogens (tertiary/aromatic N) is 4. The van der Waals surface area contributed by atoms with E-state index in [0.29, 0.717) is 17.5 Å². The highest BCUT2D eigenvalue weighted by molar-refractivity contribution is 6.11. The lowest BCUT2D eigenvalue weighted by atomic mass is 9.67. The molecule has 8 aromatic carbocycles. The molecule has 2 aliphatic rings. The van der Waals surface area contributed by atoms with E-state index in [0.717, 1.165) is 16.7 Å². The van der Waals surface area contributed by atoms with Crippen molar-refractivity contribution >= 4 is 21.8 Å². The van der Waals surface area contributed by atoms with Crippen LogP contribution >= 0.6 is 0 Å². The molecule has 2 aromatic heterocycles. The van der Waals surface area contributed by atoms with Crippen LogP contribution in [-0.2, 0) is 5.41 Å². The summed E-state index contributed by atoms with van der Waals surface area (Å²) in [4.78, 5) is 14.9. The summed E-state index contributed by atoms with van der Waals surface area (Å²) >= 11 is 0. The van der Waals surface area contributed by atoms with Gasteiger partial charge in [-0.25, -0.2) is 15.0 Å². The molecule has 2 aliphatic carbocycles. The van der Waals surface area contributed by atoms with Gasteiger partial charge < -0.3 is 4.57 Å². The van der Waals surface area contributed by atoms with Gasteiger partial charge in [0.2, 0.25) is 0 Å². The first-order valence-corrected chi connectivity index (χ1v) is 21.6. The van der Waals surface area contributed by atoms with E-state index in [4.69, 9.17) is 15.0 Å². The molecule has 0 saturated heterocycles. The Labute approximate surface area is 355 Å². The second-order valence-corrected chi connectivity index (χ2v) is 16.7. The van der Waals surface area contributed by atoms with Crippen molar-refractivity contribution in [3.8, 4) is 73.2 Å². The first-order valence-electron chi connectivity index (χ1n) is 21.6. The minimum Gasteiger partial charge on any atom is -0.309 e. The Balaban J connectivity index is 0.984. The van der Waals surface area contributed by atoms with Crippen molar-refractivity contribution in [2.24, 2.45) is 0 Å². The van der Waals surface area contributed by atoms with Crippen molar-refractivity contribution in [3.63, 3.8) is 0 Å². The Morgan fingerprint density at radius 3 is 1.52 bits per heavy atom. The molecule has 0 radical (unpaired) electrons. The number of fused-ring (bicyclic) bond motifs is 8. The molecule has 1 spiro atoms. The number of benzene rings is 8. The Morgan fingerprint density at radius 2 is 0.852 bits per heavy atom. The maximum Gasteiger partial charge on any atom is 0.164 e. The van der Waals surface area contributed by atoms with E-state index >= 15 is 0 Å². The van der Waals surface area contributed by atoms with Gasteiger partial charge in [0.1, 0.15) is 0 Å². The highest BCUT2D eigenvalue weighted by Crippen LogP contribution is 2.57. The average molecular weight is 783 g/mol. The number of rotatable bonds is 6. The molecule has 61 heavy (non-hydrogen) atoms. The second kappa shape index (κ2) is 14.4. The Morgan fingerprint density at radius 1 is 0.344 bits per heavy atom. The molecule has 2 heterocycles. The summed E-state index contributed by atoms with van der Waals surface area (Å²) < 4.78 is 2.49. The predicted molar refractivity (Wildman–Crippen MR) is 251 cm³/mol. The minimum absolute atomic E-state index is 0.0293. The van der Waals surface area contributed by atoms with Gasteiger partial charge in [0, 0.05) is 38.6 Å². The summed E-state index contributed by atoms with van der Waals surface area (Å²) in [6.07, 6.45) is 6.18. The number of hydrogen-bond donors (Lipinski definition) is 0. The van der Waals surface area contributed by atoms with Gasteiger partial charge in [-0.1, -0.05) is 177 Å². The molecule has 0 aliphatic heterocycles. The lowest BCUT2D eigenvalue weighted by Gasteiger charge is -2.36. The second-order valence-electron chi connectivity index (χ2n) is 16.7. The lowest BCUT2D eigenvalue weighted by molar-refractivity contribution is 0.353.